The highest BCUT2D eigenvalue weighted by atomic mass is 16.5. The number of ether oxygens (including phenoxy) is 1. The van der Waals surface area contributed by atoms with Crippen LogP contribution in [0.25, 0.3) is 0 Å². The molecule has 0 aliphatic carbocycles. The third kappa shape index (κ3) is 3.26. The Bertz CT molecular complexity index is 558. The third-order valence-electron chi connectivity index (χ3n) is 3.57. The van der Waals surface area contributed by atoms with Gasteiger partial charge in [0.05, 0.1) is 30.9 Å². The van der Waals surface area contributed by atoms with Crippen molar-refractivity contribution in [3.05, 3.63) is 35.2 Å². The van der Waals surface area contributed by atoms with Gasteiger partial charge in [-0.15, -0.1) is 0 Å². The second-order valence-corrected chi connectivity index (χ2v) is 4.96. The van der Waals surface area contributed by atoms with Crippen molar-refractivity contribution in [3.8, 4) is 0 Å². The summed E-state index contributed by atoms with van der Waals surface area (Å²) in [4.78, 5) is 4.25. The summed E-state index contributed by atoms with van der Waals surface area (Å²) in [6.45, 7) is 7.31. The van der Waals surface area contributed by atoms with E-state index < -0.39 is 0 Å². The first kappa shape index (κ1) is 14.7. The molecule has 0 amide bonds. The summed E-state index contributed by atoms with van der Waals surface area (Å²) < 4.78 is 9.12. The standard InChI is InChI=1S/C14H23N5O/c1-11-14(12(2)18(3)17-11)9-19-10-16-8-13(19)7-15-5-6-20-4/h8,10,15H,5-7,9H2,1-4H3. The molecule has 0 aliphatic heterocycles. The first-order chi connectivity index (χ1) is 9.63. The highest BCUT2D eigenvalue weighted by molar-refractivity contribution is 5.25. The van der Waals surface area contributed by atoms with Crippen molar-refractivity contribution in [1.82, 2.24) is 24.6 Å². The molecule has 0 spiro atoms. The van der Waals surface area contributed by atoms with E-state index in [2.05, 4.69) is 33.8 Å². The van der Waals surface area contributed by atoms with Crippen molar-refractivity contribution >= 4 is 0 Å². The minimum absolute atomic E-state index is 0.717. The molecule has 0 aliphatic rings. The lowest BCUT2D eigenvalue weighted by atomic mass is 10.2. The smallest absolute Gasteiger partial charge is 0.0951 e. The normalized spacial score (nSPS) is 11.2. The Kier molecular flexibility index (Phi) is 4.92. The predicted octanol–water partition coefficient (Wildman–Crippen LogP) is 1.02. The zero-order valence-corrected chi connectivity index (χ0v) is 12.7. The molecule has 0 fully saturated rings. The Hall–Kier alpha value is -1.66. The summed E-state index contributed by atoms with van der Waals surface area (Å²) in [5.74, 6) is 0. The lowest BCUT2D eigenvalue weighted by Crippen LogP contribution is -2.20. The van der Waals surface area contributed by atoms with Crippen LogP contribution >= 0.6 is 0 Å². The van der Waals surface area contributed by atoms with E-state index in [9.17, 15) is 0 Å². The number of hydrogen-bond donors (Lipinski definition) is 1. The molecule has 0 aromatic carbocycles. The lowest BCUT2D eigenvalue weighted by molar-refractivity contribution is 0.199. The van der Waals surface area contributed by atoms with Gasteiger partial charge < -0.3 is 14.6 Å². The summed E-state index contributed by atoms with van der Waals surface area (Å²) in [5.41, 5.74) is 4.72. The van der Waals surface area contributed by atoms with Crippen LogP contribution in [-0.2, 0) is 24.9 Å². The molecule has 0 bridgehead atoms. The molecule has 0 saturated heterocycles. The number of methoxy groups -OCH3 is 1. The largest absolute Gasteiger partial charge is 0.383 e. The molecule has 20 heavy (non-hydrogen) atoms. The van der Waals surface area contributed by atoms with Crippen molar-refractivity contribution in [2.24, 2.45) is 7.05 Å². The van der Waals surface area contributed by atoms with Crippen molar-refractivity contribution in [1.29, 1.82) is 0 Å². The van der Waals surface area contributed by atoms with Crippen molar-refractivity contribution in [2.45, 2.75) is 26.9 Å². The maximum absolute atomic E-state index is 5.03. The van der Waals surface area contributed by atoms with E-state index in [-0.39, 0.29) is 0 Å². The van der Waals surface area contributed by atoms with E-state index in [0.29, 0.717) is 0 Å². The molecular weight excluding hydrogens is 254 g/mol. The fourth-order valence-electron chi connectivity index (χ4n) is 2.25. The molecule has 2 rings (SSSR count). The number of aryl methyl sites for hydroxylation is 2. The zero-order valence-electron chi connectivity index (χ0n) is 12.7. The molecule has 2 heterocycles. The maximum Gasteiger partial charge on any atom is 0.0951 e. The van der Waals surface area contributed by atoms with E-state index in [1.54, 1.807) is 7.11 Å². The minimum atomic E-state index is 0.717. The third-order valence-corrected chi connectivity index (χ3v) is 3.57. The number of imidazole rings is 1. The molecule has 0 radical (unpaired) electrons. The second-order valence-electron chi connectivity index (χ2n) is 4.96. The fourth-order valence-corrected chi connectivity index (χ4v) is 2.25. The van der Waals surface area contributed by atoms with Gasteiger partial charge in [-0.05, 0) is 13.8 Å². The van der Waals surface area contributed by atoms with E-state index in [1.165, 1.54) is 17.0 Å². The van der Waals surface area contributed by atoms with E-state index in [4.69, 9.17) is 4.74 Å². The average molecular weight is 277 g/mol. The number of aromatic nitrogens is 4. The molecule has 6 heteroatoms. The fraction of sp³-hybridized carbons (Fsp3) is 0.571. The Morgan fingerprint density at radius 3 is 2.80 bits per heavy atom. The van der Waals surface area contributed by atoms with Gasteiger partial charge in [-0.3, -0.25) is 4.68 Å². The molecule has 0 unspecified atom stereocenters. The first-order valence-corrected chi connectivity index (χ1v) is 6.81. The van der Waals surface area contributed by atoms with Gasteiger partial charge in [0.2, 0.25) is 0 Å². The monoisotopic (exact) mass is 277 g/mol. The van der Waals surface area contributed by atoms with Crippen LogP contribution in [0.15, 0.2) is 12.5 Å². The van der Waals surface area contributed by atoms with Gasteiger partial charge in [0.25, 0.3) is 0 Å². The van der Waals surface area contributed by atoms with Crippen LogP contribution < -0.4 is 5.32 Å². The van der Waals surface area contributed by atoms with Crippen LogP contribution in [0.1, 0.15) is 22.6 Å². The van der Waals surface area contributed by atoms with Gasteiger partial charge >= 0.3 is 0 Å². The zero-order chi connectivity index (χ0) is 14.5. The Morgan fingerprint density at radius 1 is 1.35 bits per heavy atom. The summed E-state index contributed by atoms with van der Waals surface area (Å²) in [6.07, 6.45) is 3.78. The Morgan fingerprint density at radius 2 is 2.15 bits per heavy atom. The second kappa shape index (κ2) is 6.67. The molecule has 0 atom stereocenters. The Balaban J connectivity index is 2.05. The van der Waals surface area contributed by atoms with Gasteiger partial charge in [-0.2, -0.15) is 5.10 Å². The predicted molar refractivity (Wildman–Crippen MR) is 77.6 cm³/mol. The Labute approximate surface area is 119 Å². The van der Waals surface area contributed by atoms with Gasteiger partial charge in [0.1, 0.15) is 0 Å². The highest BCUT2D eigenvalue weighted by Gasteiger charge is 2.11. The highest BCUT2D eigenvalue weighted by Crippen LogP contribution is 2.14. The molecule has 2 aromatic rings. The van der Waals surface area contributed by atoms with Crippen LogP contribution in [0.3, 0.4) is 0 Å². The molecule has 0 saturated carbocycles. The van der Waals surface area contributed by atoms with Crippen LogP contribution in [0.5, 0.6) is 0 Å². The summed E-state index contributed by atoms with van der Waals surface area (Å²) >= 11 is 0. The van der Waals surface area contributed by atoms with Gasteiger partial charge in [0.15, 0.2) is 0 Å². The summed E-state index contributed by atoms with van der Waals surface area (Å²) in [6, 6.07) is 0. The SMILES string of the molecule is COCCNCc1cncn1Cc1c(C)nn(C)c1C. The van der Waals surface area contributed by atoms with Gasteiger partial charge in [0, 0.05) is 44.7 Å². The molecule has 2 aromatic heterocycles. The van der Waals surface area contributed by atoms with Crippen molar-refractivity contribution in [3.63, 3.8) is 0 Å². The van der Waals surface area contributed by atoms with E-state index in [1.807, 2.05) is 24.3 Å². The van der Waals surface area contributed by atoms with Crippen LogP contribution in [0, 0.1) is 13.8 Å². The topological polar surface area (TPSA) is 56.9 Å². The number of nitrogens with one attached hydrogen (secondary N) is 1. The van der Waals surface area contributed by atoms with E-state index in [0.717, 1.165) is 31.9 Å². The van der Waals surface area contributed by atoms with Crippen LogP contribution in [0.4, 0.5) is 0 Å². The first-order valence-electron chi connectivity index (χ1n) is 6.81. The van der Waals surface area contributed by atoms with Crippen molar-refractivity contribution in [2.75, 3.05) is 20.3 Å². The van der Waals surface area contributed by atoms with Crippen LogP contribution in [0.2, 0.25) is 0 Å². The minimum Gasteiger partial charge on any atom is -0.383 e. The van der Waals surface area contributed by atoms with Crippen molar-refractivity contribution < 1.29 is 4.74 Å². The summed E-state index contributed by atoms with van der Waals surface area (Å²) in [5, 5.41) is 7.80. The molecule has 110 valence electrons. The number of rotatable bonds is 7. The maximum atomic E-state index is 5.03. The lowest BCUT2D eigenvalue weighted by Gasteiger charge is -2.09. The summed E-state index contributed by atoms with van der Waals surface area (Å²) in [7, 11) is 3.69. The average Bonchev–Trinajstić information content (AvgIpc) is 2.95. The molecular formula is C14H23N5O. The number of nitrogens with zero attached hydrogens (tertiary/aromatic N) is 4. The van der Waals surface area contributed by atoms with E-state index >= 15 is 0 Å². The van der Waals surface area contributed by atoms with Crippen LogP contribution in [-0.4, -0.2) is 39.6 Å². The molecule has 6 nitrogen and oxygen atoms in total. The molecule has 1 N–H and O–H groups in total. The van der Waals surface area contributed by atoms with Gasteiger partial charge in [-0.1, -0.05) is 0 Å². The van der Waals surface area contributed by atoms with Gasteiger partial charge in [-0.25, -0.2) is 4.98 Å². The quantitative estimate of drug-likeness (QED) is 0.768. The number of hydrogen-bond acceptors (Lipinski definition) is 4.